The van der Waals surface area contributed by atoms with Crippen LogP contribution < -0.4 is 10.0 Å². The third-order valence-electron chi connectivity index (χ3n) is 5.85. The van der Waals surface area contributed by atoms with Crippen LogP contribution in [0.1, 0.15) is 5.69 Å². The van der Waals surface area contributed by atoms with Crippen LogP contribution in [0, 0.1) is 0 Å². The number of sulfonamides is 1. The Balaban J connectivity index is 1.61. The van der Waals surface area contributed by atoms with Gasteiger partial charge in [-0.2, -0.15) is 0 Å². The van der Waals surface area contributed by atoms with Gasteiger partial charge in [0.05, 0.1) is 29.7 Å². The Morgan fingerprint density at radius 1 is 0.895 bits per heavy atom. The molecule has 9 nitrogen and oxygen atoms in total. The van der Waals surface area contributed by atoms with Crippen molar-refractivity contribution in [3.63, 3.8) is 0 Å². The second-order valence-electron chi connectivity index (χ2n) is 8.44. The number of aromatic nitrogens is 4. The maximum absolute atomic E-state index is 12.8. The van der Waals surface area contributed by atoms with E-state index in [0.717, 1.165) is 22.2 Å². The van der Waals surface area contributed by atoms with Gasteiger partial charge in [0.15, 0.2) is 5.82 Å². The Morgan fingerprint density at radius 2 is 1.74 bits per heavy atom. The zero-order valence-corrected chi connectivity index (χ0v) is 21.5. The number of pyridine rings is 2. The van der Waals surface area contributed by atoms with Crippen molar-refractivity contribution in [2.75, 3.05) is 25.6 Å². The lowest BCUT2D eigenvalue weighted by atomic mass is 10.0. The lowest BCUT2D eigenvalue weighted by Gasteiger charge is -2.15. The highest BCUT2D eigenvalue weighted by Crippen LogP contribution is 2.34. The Hall–Kier alpha value is -4.25. The van der Waals surface area contributed by atoms with Crippen molar-refractivity contribution < 1.29 is 13.2 Å². The summed E-state index contributed by atoms with van der Waals surface area (Å²) in [6, 6.07) is 23.2. The summed E-state index contributed by atoms with van der Waals surface area (Å²) in [7, 11) is -2.27. The van der Waals surface area contributed by atoms with Crippen LogP contribution in [0.15, 0.2) is 96.3 Å². The van der Waals surface area contributed by atoms with Gasteiger partial charge >= 0.3 is 0 Å². The molecule has 2 aromatic carbocycles. The van der Waals surface area contributed by atoms with Gasteiger partial charge in [0.1, 0.15) is 10.7 Å². The number of methoxy groups -OCH3 is 1. The average molecular weight is 527 g/mol. The topological polar surface area (TPSA) is 119 Å². The number of fused-ring (bicyclic) bond motifs is 1. The van der Waals surface area contributed by atoms with Crippen LogP contribution in [-0.4, -0.2) is 48.6 Å². The van der Waals surface area contributed by atoms with E-state index in [1.54, 1.807) is 12.4 Å². The molecule has 0 aliphatic rings. The molecule has 0 bridgehead atoms. The Morgan fingerprint density at radius 3 is 2.53 bits per heavy atom. The molecule has 192 valence electrons. The molecule has 0 amide bonds. The summed E-state index contributed by atoms with van der Waals surface area (Å²) in [4.78, 5) is 18.2. The van der Waals surface area contributed by atoms with Crippen LogP contribution >= 0.6 is 0 Å². The number of hydrogen-bond acceptors (Lipinski definition) is 8. The molecule has 0 saturated heterocycles. The van der Waals surface area contributed by atoms with E-state index >= 15 is 0 Å². The lowest BCUT2D eigenvalue weighted by molar-refractivity contribution is 0.204. The highest BCUT2D eigenvalue weighted by molar-refractivity contribution is 7.89. The maximum atomic E-state index is 12.8. The van der Waals surface area contributed by atoms with Crippen molar-refractivity contribution in [3.8, 4) is 22.5 Å². The molecule has 0 fully saturated rings. The third kappa shape index (κ3) is 5.67. The van der Waals surface area contributed by atoms with Crippen molar-refractivity contribution in [3.05, 3.63) is 97.1 Å². The van der Waals surface area contributed by atoms with Crippen LogP contribution in [0.2, 0.25) is 0 Å². The molecule has 0 radical (unpaired) electrons. The summed E-state index contributed by atoms with van der Waals surface area (Å²) < 4.78 is 33.0. The molecular weight excluding hydrogens is 500 g/mol. The fraction of sp³-hybridized carbons (Fsp3) is 0.143. The molecule has 5 aromatic rings. The van der Waals surface area contributed by atoms with Gasteiger partial charge in [-0.3, -0.25) is 9.97 Å². The van der Waals surface area contributed by atoms with E-state index in [9.17, 15) is 8.42 Å². The van der Waals surface area contributed by atoms with Gasteiger partial charge in [0, 0.05) is 37.8 Å². The van der Waals surface area contributed by atoms with Gasteiger partial charge < -0.3 is 10.1 Å². The molecule has 10 heteroatoms. The van der Waals surface area contributed by atoms with Crippen molar-refractivity contribution in [1.29, 1.82) is 0 Å². The van der Waals surface area contributed by atoms with E-state index in [1.807, 2.05) is 66.7 Å². The summed E-state index contributed by atoms with van der Waals surface area (Å²) in [5, 5.41) is 4.28. The molecule has 0 saturated carbocycles. The van der Waals surface area contributed by atoms with E-state index < -0.39 is 10.0 Å². The maximum Gasteiger partial charge on any atom is 0.242 e. The second-order valence-corrected chi connectivity index (χ2v) is 10.2. The van der Waals surface area contributed by atoms with Crippen LogP contribution in [0.3, 0.4) is 0 Å². The molecule has 0 aliphatic carbocycles. The largest absolute Gasteiger partial charge is 0.383 e. The van der Waals surface area contributed by atoms with E-state index in [0.29, 0.717) is 29.3 Å². The number of hydrogen-bond donors (Lipinski definition) is 2. The standard InChI is InChI=1S/C28H26N6O3S/c1-37-15-14-32-38(35,36)23-16-21(17-29-19-23)27-33-25-12-7-11-24(20-8-3-2-4-9-20)26(25)28(34-27)31-18-22-10-5-6-13-30-22/h2-13,16-17,19,32H,14-15,18H2,1H3,(H,31,33,34). The van der Waals surface area contributed by atoms with Gasteiger partial charge in [0.25, 0.3) is 0 Å². The highest BCUT2D eigenvalue weighted by Gasteiger charge is 2.18. The first-order valence-electron chi connectivity index (χ1n) is 12.0. The van der Waals surface area contributed by atoms with Crippen molar-refractivity contribution in [2.45, 2.75) is 11.4 Å². The van der Waals surface area contributed by atoms with Crippen LogP contribution in [-0.2, 0) is 21.3 Å². The monoisotopic (exact) mass is 526 g/mol. The van der Waals surface area contributed by atoms with Crippen molar-refractivity contribution >= 4 is 26.7 Å². The lowest BCUT2D eigenvalue weighted by Crippen LogP contribution is -2.27. The zero-order chi connectivity index (χ0) is 26.4. The Kier molecular flexibility index (Phi) is 7.64. The van der Waals surface area contributed by atoms with E-state index in [2.05, 4.69) is 20.0 Å². The molecule has 5 rings (SSSR count). The molecule has 2 N–H and O–H groups in total. The minimum Gasteiger partial charge on any atom is -0.383 e. The molecule has 0 unspecified atom stereocenters. The van der Waals surface area contributed by atoms with E-state index in [4.69, 9.17) is 14.7 Å². The van der Waals surface area contributed by atoms with Crippen LogP contribution in [0.25, 0.3) is 33.4 Å². The van der Waals surface area contributed by atoms with Crippen molar-refractivity contribution in [2.24, 2.45) is 0 Å². The van der Waals surface area contributed by atoms with Gasteiger partial charge in [-0.1, -0.05) is 48.5 Å². The average Bonchev–Trinajstić information content (AvgIpc) is 2.96. The molecule has 0 atom stereocenters. The van der Waals surface area contributed by atoms with E-state index in [1.165, 1.54) is 19.4 Å². The molecule has 0 aliphatic heterocycles. The highest BCUT2D eigenvalue weighted by atomic mass is 32.2. The number of anilines is 1. The molecule has 38 heavy (non-hydrogen) atoms. The summed E-state index contributed by atoms with van der Waals surface area (Å²) in [5.74, 6) is 0.967. The fourth-order valence-electron chi connectivity index (χ4n) is 4.02. The predicted octanol–water partition coefficient (Wildman–Crippen LogP) is 4.29. The number of nitrogens with zero attached hydrogens (tertiary/aromatic N) is 4. The van der Waals surface area contributed by atoms with Crippen LogP contribution in [0.4, 0.5) is 5.82 Å². The number of rotatable bonds is 10. The zero-order valence-electron chi connectivity index (χ0n) is 20.7. The first kappa shape index (κ1) is 25.4. The summed E-state index contributed by atoms with van der Waals surface area (Å²) >= 11 is 0. The van der Waals surface area contributed by atoms with Gasteiger partial charge in [-0.05, 0) is 35.4 Å². The van der Waals surface area contributed by atoms with Crippen LogP contribution in [0.5, 0.6) is 0 Å². The van der Waals surface area contributed by atoms with Crippen molar-refractivity contribution in [1.82, 2.24) is 24.7 Å². The smallest absolute Gasteiger partial charge is 0.242 e. The molecule has 0 spiro atoms. The summed E-state index contributed by atoms with van der Waals surface area (Å²) in [6.45, 7) is 0.861. The number of benzene rings is 2. The summed E-state index contributed by atoms with van der Waals surface area (Å²) in [5.41, 5.74) is 4.07. The first-order valence-corrected chi connectivity index (χ1v) is 13.5. The van der Waals surface area contributed by atoms with Gasteiger partial charge in [0.2, 0.25) is 10.0 Å². The second kappa shape index (κ2) is 11.4. The fourth-order valence-corrected chi connectivity index (χ4v) is 5.03. The minimum absolute atomic E-state index is 0.0239. The molecule has 3 heterocycles. The van der Waals surface area contributed by atoms with E-state index in [-0.39, 0.29) is 18.0 Å². The third-order valence-corrected chi connectivity index (χ3v) is 7.28. The van der Waals surface area contributed by atoms with Gasteiger partial charge in [-0.25, -0.2) is 23.1 Å². The summed E-state index contributed by atoms with van der Waals surface area (Å²) in [6.07, 6.45) is 4.60. The molecular formula is C28H26N6O3S. The number of nitrogens with one attached hydrogen (secondary N) is 2. The molecule has 3 aromatic heterocycles. The Bertz CT molecular complexity index is 1650. The normalized spacial score (nSPS) is 11.5. The SMILES string of the molecule is COCCNS(=O)(=O)c1cncc(-c2nc(NCc3ccccn3)c3c(-c4ccccc4)cccc3n2)c1. The first-order chi connectivity index (χ1) is 18.5. The minimum atomic E-state index is -3.78. The van der Waals surface area contributed by atoms with Gasteiger partial charge in [-0.15, -0.1) is 0 Å². The quantitative estimate of drug-likeness (QED) is 0.259. The Labute approximate surface area is 221 Å². The predicted molar refractivity (Wildman–Crippen MR) is 147 cm³/mol. The number of ether oxygens (including phenoxy) is 1.